The zero-order chi connectivity index (χ0) is 13.4. The van der Waals surface area contributed by atoms with Crippen molar-refractivity contribution in [3.05, 3.63) is 32.6 Å². The summed E-state index contributed by atoms with van der Waals surface area (Å²) in [5, 5.41) is 18.8. The molecule has 1 aromatic rings. The van der Waals surface area contributed by atoms with Crippen molar-refractivity contribution >= 4 is 0 Å². The van der Waals surface area contributed by atoms with E-state index in [2.05, 4.69) is 0 Å². The fourth-order valence-electron chi connectivity index (χ4n) is 2.18. The van der Waals surface area contributed by atoms with Crippen molar-refractivity contribution in [1.82, 2.24) is 9.13 Å². The van der Waals surface area contributed by atoms with Crippen molar-refractivity contribution in [1.29, 1.82) is 0 Å². The predicted octanol–water partition coefficient (Wildman–Crippen LogP) is -1.73. The van der Waals surface area contributed by atoms with Gasteiger partial charge in [0, 0.05) is 26.7 Å². The lowest BCUT2D eigenvalue weighted by molar-refractivity contribution is -0.0120. The molecule has 0 amide bonds. The van der Waals surface area contributed by atoms with E-state index in [9.17, 15) is 14.7 Å². The average molecular weight is 256 g/mol. The van der Waals surface area contributed by atoms with Gasteiger partial charge in [-0.25, -0.2) is 4.79 Å². The van der Waals surface area contributed by atoms with Crippen LogP contribution in [-0.2, 0) is 18.8 Å². The van der Waals surface area contributed by atoms with Crippen LogP contribution in [0.25, 0.3) is 0 Å². The Bertz CT molecular complexity index is 562. The summed E-state index contributed by atoms with van der Waals surface area (Å²) in [6.07, 6.45) is -0.488. The monoisotopic (exact) mass is 256 g/mol. The van der Waals surface area contributed by atoms with Crippen LogP contribution in [-0.4, -0.2) is 38.2 Å². The highest BCUT2D eigenvalue weighted by atomic mass is 16.5. The van der Waals surface area contributed by atoms with Crippen LogP contribution in [0.2, 0.25) is 0 Å². The van der Waals surface area contributed by atoms with Gasteiger partial charge in [0.15, 0.2) is 0 Å². The number of hydrogen-bond acceptors (Lipinski definition) is 5. The van der Waals surface area contributed by atoms with E-state index in [0.29, 0.717) is 0 Å². The molecule has 1 aliphatic heterocycles. The molecule has 1 fully saturated rings. The number of aliphatic hydroxyl groups is 2. The maximum absolute atomic E-state index is 12.0. The van der Waals surface area contributed by atoms with Crippen LogP contribution in [0.1, 0.15) is 18.1 Å². The molecule has 1 saturated heterocycles. The summed E-state index contributed by atoms with van der Waals surface area (Å²) < 4.78 is 7.64. The summed E-state index contributed by atoms with van der Waals surface area (Å²) in [5.41, 5.74) is -0.696. The van der Waals surface area contributed by atoms with Crippen molar-refractivity contribution in [2.75, 3.05) is 6.61 Å². The van der Waals surface area contributed by atoms with Crippen molar-refractivity contribution in [3.8, 4) is 0 Å². The van der Waals surface area contributed by atoms with Crippen molar-refractivity contribution in [3.63, 3.8) is 0 Å². The number of hydrogen-bond donors (Lipinski definition) is 2. The first-order valence-electron chi connectivity index (χ1n) is 5.66. The largest absolute Gasteiger partial charge is 0.394 e. The Hall–Kier alpha value is -1.44. The molecule has 2 heterocycles. The van der Waals surface area contributed by atoms with Gasteiger partial charge in [-0.2, -0.15) is 0 Å². The minimum absolute atomic E-state index is 0.209. The molecule has 2 rings (SSSR count). The van der Waals surface area contributed by atoms with Gasteiger partial charge in [0.25, 0.3) is 5.56 Å². The third kappa shape index (κ3) is 2.00. The van der Waals surface area contributed by atoms with Crippen LogP contribution >= 0.6 is 0 Å². The molecule has 1 aliphatic rings. The van der Waals surface area contributed by atoms with Crippen molar-refractivity contribution < 1.29 is 14.9 Å². The molecule has 100 valence electrons. The Kier molecular flexibility index (Phi) is 3.38. The molecule has 18 heavy (non-hydrogen) atoms. The molecule has 7 nitrogen and oxygen atoms in total. The van der Waals surface area contributed by atoms with E-state index < -0.39 is 29.6 Å². The van der Waals surface area contributed by atoms with E-state index in [1.54, 1.807) is 0 Å². The third-order valence-electron chi connectivity index (χ3n) is 3.18. The Labute approximate surface area is 103 Å². The van der Waals surface area contributed by atoms with Crippen LogP contribution in [0, 0.1) is 0 Å². The first kappa shape index (κ1) is 13.0. The lowest BCUT2D eigenvalue weighted by atomic mass is 10.1. The van der Waals surface area contributed by atoms with Crippen LogP contribution in [0.4, 0.5) is 0 Å². The molecule has 0 radical (unpaired) electrons. The highest BCUT2D eigenvalue weighted by Crippen LogP contribution is 2.30. The van der Waals surface area contributed by atoms with Gasteiger partial charge < -0.3 is 19.5 Å². The van der Waals surface area contributed by atoms with Crippen LogP contribution in [0.5, 0.6) is 0 Å². The van der Waals surface area contributed by atoms with Gasteiger partial charge in [-0.3, -0.25) is 9.36 Å². The minimum atomic E-state index is -0.854. The Morgan fingerprint density at radius 1 is 1.44 bits per heavy atom. The normalized spacial score (nSPS) is 27.7. The molecule has 1 aromatic heterocycles. The summed E-state index contributed by atoms with van der Waals surface area (Å²) in [6.45, 7) is -0.209. The first-order chi connectivity index (χ1) is 8.45. The summed E-state index contributed by atoms with van der Waals surface area (Å²) >= 11 is 0. The SMILES string of the molecule is Cn1cc([C@@H]2O[C@H](CO)C[C@H]2O)c(=O)n(C)c1=O. The Balaban J connectivity index is 2.47. The molecular formula is C11H16N2O5. The first-order valence-corrected chi connectivity index (χ1v) is 5.66. The van der Waals surface area contributed by atoms with Crippen LogP contribution < -0.4 is 11.2 Å². The quantitative estimate of drug-likeness (QED) is 0.655. The number of aliphatic hydroxyl groups excluding tert-OH is 2. The topological polar surface area (TPSA) is 93.7 Å². The Morgan fingerprint density at radius 2 is 2.11 bits per heavy atom. The van der Waals surface area contributed by atoms with Gasteiger partial charge in [-0.1, -0.05) is 0 Å². The van der Waals surface area contributed by atoms with Gasteiger partial charge in [-0.15, -0.1) is 0 Å². The average Bonchev–Trinajstić information content (AvgIpc) is 2.72. The maximum Gasteiger partial charge on any atom is 0.330 e. The number of ether oxygens (including phenoxy) is 1. The second kappa shape index (κ2) is 4.68. The zero-order valence-corrected chi connectivity index (χ0v) is 10.2. The molecule has 0 saturated carbocycles. The predicted molar refractivity (Wildman–Crippen MR) is 62.2 cm³/mol. The number of aryl methyl sites for hydroxylation is 1. The fourth-order valence-corrected chi connectivity index (χ4v) is 2.18. The molecule has 2 N–H and O–H groups in total. The molecule has 0 bridgehead atoms. The highest BCUT2D eigenvalue weighted by molar-refractivity contribution is 5.13. The van der Waals surface area contributed by atoms with E-state index in [1.807, 2.05) is 0 Å². The standard InChI is InChI=1S/C11H16N2O5/c1-12-4-7(10(16)13(2)11(12)17)9-8(15)3-6(5-14)18-9/h4,6,8-9,14-15H,3,5H2,1-2H3/t6-,8+,9-/m0/s1. The summed E-state index contributed by atoms with van der Waals surface area (Å²) in [7, 11) is 2.90. The van der Waals surface area contributed by atoms with E-state index in [0.717, 1.165) is 4.57 Å². The second-order valence-electron chi connectivity index (χ2n) is 4.51. The van der Waals surface area contributed by atoms with E-state index >= 15 is 0 Å². The lowest BCUT2D eigenvalue weighted by Gasteiger charge is -2.15. The summed E-state index contributed by atoms with van der Waals surface area (Å²) in [6, 6.07) is 0. The lowest BCUT2D eigenvalue weighted by Crippen LogP contribution is -2.40. The number of nitrogens with zero attached hydrogens (tertiary/aromatic N) is 2. The molecule has 0 spiro atoms. The molecule has 3 atom stereocenters. The zero-order valence-electron chi connectivity index (χ0n) is 10.2. The van der Waals surface area contributed by atoms with Gasteiger partial charge in [0.05, 0.1) is 24.4 Å². The smallest absolute Gasteiger partial charge is 0.330 e. The second-order valence-corrected chi connectivity index (χ2v) is 4.51. The fraction of sp³-hybridized carbons (Fsp3) is 0.636. The van der Waals surface area contributed by atoms with Gasteiger partial charge in [-0.05, 0) is 0 Å². The summed E-state index contributed by atoms with van der Waals surface area (Å²) in [4.78, 5) is 23.5. The summed E-state index contributed by atoms with van der Waals surface area (Å²) in [5.74, 6) is 0. The molecule has 0 aliphatic carbocycles. The van der Waals surface area contributed by atoms with Gasteiger partial charge in [0.2, 0.25) is 0 Å². The molecular weight excluding hydrogens is 240 g/mol. The highest BCUT2D eigenvalue weighted by Gasteiger charge is 2.36. The molecule has 7 heteroatoms. The van der Waals surface area contributed by atoms with Crippen molar-refractivity contribution in [2.24, 2.45) is 14.1 Å². The number of rotatable bonds is 2. The van der Waals surface area contributed by atoms with E-state index in [4.69, 9.17) is 9.84 Å². The van der Waals surface area contributed by atoms with Crippen LogP contribution in [0.15, 0.2) is 15.8 Å². The number of aromatic nitrogens is 2. The third-order valence-corrected chi connectivity index (χ3v) is 3.18. The van der Waals surface area contributed by atoms with Gasteiger partial charge >= 0.3 is 5.69 Å². The Morgan fingerprint density at radius 3 is 2.67 bits per heavy atom. The van der Waals surface area contributed by atoms with E-state index in [-0.39, 0.29) is 18.6 Å². The molecule has 0 aromatic carbocycles. The minimum Gasteiger partial charge on any atom is -0.394 e. The van der Waals surface area contributed by atoms with E-state index in [1.165, 1.54) is 24.9 Å². The van der Waals surface area contributed by atoms with Gasteiger partial charge in [0.1, 0.15) is 6.10 Å². The van der Waals surface area contributed by atoms with Crippen molar-refractivity contribution in [2.45, 2.75) is 24.7 Å². The maximum atomic E-state index is 12.0. The van der Waals surface area contributed by atoms with Crippen LogP contribution in [0.3, 0.4) is 0 Å². The molecule has 0 unspecified atom stereocenters.